The van der Waals surface area contributed by atoms with E-state index in [1.807, 2.05) is 0 Å². The van der Waals surface area contributed by atoms with Gasteiger partial charge in [0.2, 0.25) is 0 Å². The van der Waals surface area contributed by atoms with Gasteiger partial charge in [0.05, 0.1) is 11.9 Å². The molecule has 0 heterocycles. The summed E-state index contributed by atoms with van der Waals surface area (Å²) in [5.41, 5.74) is 0. The van der Waals surface area contributed by atoms with Crippen LogP contribution in [0.3, 0.4) is 0 Å². The van der Waals surface area contributed by atoms with Crippen molar-refractivity contribution in [3.8, 4) is 0 Å². The summed E-state index contributed by atoms with van der Waals surface area (Å²) in [6.07, 6.45) is 0. The van der Waals surface area contributed by atoms with Crippen molar-refractivity contribution in [3.63, 3.8) is 0 Å². The zero-order chi connectivity index (χ0) is 5.21. The molecule has 0 rings (SSSR count). The maximum absolute atomic E-state index is 9.20. The molecule has 7 heavy (non-hydrogen) atoms. The van der Waals surface area contributed by atoms with Crippen LogP contribution in [0.2, 0.25) is 0 Å². The van der Waals surface area contributed by atoms with Crippen molar-refractivity contribution in [2.75, 3.05) is 0 Å². The van der Waals surface area contributed by atoms with Gasteiger partial charge in [-0.2, -0.15) is 8.42 Å². The van der Waals surface area contributed by atoms with Crippen LogP contribution in [0.5, 0.6) is 0 Å². The van der Waals surface area contributed by atoms with Crippen LogP contribution in [0.25, 0.3) is 0 Å². The van der Waals surface area contributed by atoms with Gasteiger partial charge >= 0.3 is 29.3 Å². The SMILES string of the molecule is O=S(=O)(O)OCl.[LiH]. The van der Waals surface area contributed by atoms with Crippen molar-refractivity contribution in [3.05, 3.63) is 0 Å². The molecule has 0 aromatic rings. The molecule has 7 heteroatoms. The first-order chi connectivity index (χ1) is 2.56. The summed E-state index contributed by atoms with van der Waals surface area (Å²) in [5, 5.41) is 0. The quantitative estimate of drug-likeness (QED) is 0.387. The molecule has 4 nitrogen and oxygen atoms in total. The monoisotopic (exact) mass is 140 g/mol. The summed E-state index contributed by atoms with van der Waals surface area (Å²) < 4.78 is 28.8. The van der Waals surface area contributed by atoms with E-state index in [1.54, 1.807) is 0 Å². The minimum absolute atomic E-state index is 0. The van der Waals surface area contributed by atoms with Crippen molar-refractivity contribution >= 4 is 41.1 Å². The van der Waals surface area contributed by atoms with Crippen molar-refractivity contribution in [2.24, 2.45) is 0 Å². The van der Waals surface area contributed by atoms with E-state index in [0.29, 0.717) is 0 Å². The molecule has 0 radical (unpaired) electrons. The summed E-state index contributed by atoms with van der Waals surface area (Å²) in [4.78, 5) is 0. The Morgan fingerprint density at radius 1 is 1.57 bits per heavy atom. The molecule has 0 saturated heterocycles. The average Bonchev–Trinajstić information content (AvgIpc) is 1.35. The van der Waals surface area contributed by atoms with E-state index in [0.717, 1.165) is 0 Å². The molecule has 0 aliphatic heterocycles. The summed E-state index contributed by atoms with van der Waals surface area (Å²) in [7, 11) is -4.40. The van der Waals surface area contributed by atoms with Crippen LogP contribution in [-0.2, 0) is 14.1 Å². The van der Waals surface area contributed by atoms with E-state index in [4.69, 9.17) is 4.55 Å². The Morgan fingerprint density at radius 3 is 1.71 bits per heavy atom. The Balaban J connectivity index is 0. The Morgan fingerprint density at radius 2 is 1.71 bits per heavy atom. The Kier molecular flexibility index (Phi) is 5.68. The topological polar surface area (TPSA) is 63.6 Å². The van der Waals surface area contributed by atoms with E-state index in [9.17, 15) is 8.42 Å². The van der Waals surface area contributed by atoms with Crippen molar-refractivity contribution < 1.29 is 16.7 Å². The number of halogens is 1. The molecule has 0 spiro atoms. The van der Waals surface area contributed by atoms with Crippen molar-refractivity contribution in [1.29, 1.82) is 0 Å². The van der Waals surface area contributed by atoms with Crippen molar-refractivity contribution in [1.82, 2.24) is 0 Å². The van der Waals surface area contributed by atoms with Gasteiger partial charge in [0, 0.05) is 0 Å². The second-order valence-electron chi connectivity index (χ2n) is 0.491. The second-order valence-corrected chi connectivity index (χ2v) is 1.85. The van der Waals surface area contributed by atoms with Crippen LogP contribution >= 0.6 is 11.9 Å². The normalized spacial score (nSPS) is 10.0. The van der Waals surface area contributed by atoms with Gasteiger partial charge in [0.15, 0.2) is 0 Å². The molecular formula is H2ClLiO4S. The molecule has 0 amide bonds. The molecule has 0 saturated carbocycles. The van der Waals surface area contributed by atoms with Gasteiger partial charge in [-0.25, -0.2) is 0 Å². The number of hydrogen-bond donors (Lipinski definition) is 1. The van der Waals surface area contributed by atoms with Crippen LogP contribution in [0.1, 0.15) is 0 Å². The third-order valence-corrected chi connectivity index (χ3v) is 0.716. The molecule has 0 aliphatic rings. The average molecular weight is 140 g/mol. The molecule has 0 bridgehead atoms. The fourth-order valence-electron chi connectivity index (χ4n) is 0. The van der Waals surface area contributed by atoms with Crippen LogP contribution in [0.4, 0.5) is 0 Å². The molecule has 0 atom stereocenters. The van der Waals surface area contributed by atoms with Gasteiger partial charge in [-0.1, -0.05) is 0 Å². The first-order valence-corrected chi connectivity index (χ1v) is 2.51. The summed E-state index contributed by atoms with van der Waals surface area (Å²) in [6, 6.07) is 0. The number of hydrogen-bond acceptors (Lipinski definition) is 3. The van der Waals surface area contributed by atoms with Crippen LogP contribution < -0.4 is 0 Å². The second kappa shape index (κ2) is 3.72. The number of rotatable bonds is 1. The van der Waals surface area contributed by atoms with Gasteiger partial charge in [-0.15, -0.1) is 3.74 Å². The van der Waals surface area contributed by atoms with Crippen molar-refractivity contribution in [2.45, 2.75) is 0 Å². The summed E-state index contributed by atoms with van der Waals surface area (Å²) >= 11 is 4.14. The van der Waals surface area contributed by atoms with Gasteiger partial charge in [0.1, 0.15) is 0 Å². The predicted octanol–water partition coefficient (Wildman–Crippen LogP) is -0.689. The van der Waals surface area contributed by atoms with Crippen LogP contribution in [0.15, 0.2) is 0 Å². The zero-order valence-corrected chi connectivity index (χ0v) is 4.03. The maximum atomic E-state index is 9.20. The van der Waals surface area contributed by atoms with Crippen LogP contribution in [0, 0.1) is 0 Å². The van der Waals surface area contributed by atoms with E-state index in [-0.39, 0.29) is 18.9 Å². The molecule has 0 aliphatic carbocycles. The molecular weight excluding hydrogens is 138 g/mol. The minimum atomic E-state index is -4.40. The van der Waals surface area contributed by atoms with Gasteiger partial charge < -0.3 is 0 Å². The summed E-state index contributed by atoms with van der Waals surface area (Å²) in [6.45, 7) is 0. The summed E-state index contributed by atoms with van der Waals surface area (Å²) in [5.74, 6) is 0. The van der Waals surface area contributed by atoms with Gasteiger partial charge in [0.25, 0.3) is 0 Å². The van der Waals surface area contributed by atoms with E-state index in [1.165, 1.54) is 0 Å². The Labute approximate surface area is 58.1 Å². The van der Waals surface area contributed by atoms with E-state index >= 15 is 0 Å². The molecule has 1 N–H and O–H groups in total. The molecule has 0 aromatic heterocycles. The Bertz CT molecular complexity index is 114. The molecule has 40 valence electrons. The zero-order valence-electron chi connectivity index (χ0n) is 2.46. The Hall–Kier alpha value is 0.757. The molecule has 0 fully saturated rings. The van der Waals surface area contributed by atoms with Crippen LogP contribution in [-0.4, -0.2) is 31.8 Å². The fourth-order valence-corrected chi connectivity index (χ4v) is 0. The molecule has 0 unspecified atom stereocenters. The van der Waals surface area contributed by atoms with Gasteiger partial charge in [-0.3, -0.25) is 4.55 Å². The molecule has 0 aromatic carbocycles. The fraction of sp³-hybridized carbons (Fsp3) is 0. The van der Waals surface area contributed by atoms with E-state index in [2.05, 4.69) is 15.6 Å². The third-order valence-electron chi connectivity index (χ3n) is 0.0796. The first kappa shape index (κ1) is 10.7. The first-order valence-electron chi connectivity index (χ1n) is 0.837. The standard InChI is InChI=1S/ClHO4S.Li.H/c1-5-6(2,3)4;;/h(H,2,3,4);;. The van der Waals surface area contributed by atoms with Gasteiger partial charge in [-0.05, 0) is 0 Å². The predicted molar refractivity (Wildman–Crippen MR) is 25.6 cm³/mol. The van der Waals surface area contributed by atoms with E-state index < -0.39 is 10.4 Å². The third kappa shape index (κ3) is 10.8.